The molecule has 2 rings (SSSR count). The Morgan fingerprint density at radius 2 is 1.76 bits per heavy atom. The van der Waals surface area contributed by atoms with Crippen molar-refractivity contribution in [3.05, 3.63) is 65.7 Å². The fourth-order valence-electron chi connectivity index (χ4n) is 2.49. The van der Waals surface area contributed by atoms with Crippen molar-refractivity contribution >= 4 is 18.3 Å². The minimum atomic E-state index is -0.260. The summed E-state index contributed by atoms with van der Waals surface area (Å²) in [6.07, 6.45) is 1.11. The first-order valence-electron chi connectivity index (χ1n) is 8.31. The van der Waals surface area contributed by atoms with Gasteiger partial charge in [-0.3, -0.25) is 4.79 Å². The molecule has 0 bridgehead atoms. The van der Waals surface area contributed by atoms with E-state index in [1.807, 2.05) is 68.6 Å². The number of para-hydroxylation sites is 1. The van der Waals surface area contributed by atoms with E-state index in [-0.39, 0.29) is 24.4 Å². The van der Waals surface area contributed by atoms with Gasteiger partial charge in [-0.15, -0.1) is 12.4 Å². The smallest absolute Gasteiger partial charge is 0.224 e. The van der Waals surface area contributed by atoms with Gasteiger partial charge in [0, 0.05) is 26.1 Å². The second-order valence-electron chi connectivity index (χ2n) is 6.00. The van der Waals surface area contributed by atoms with Crippen LogP contribution < -0.4 is 10.5 Å². The number of aryl methyl sites for hydroxylation is 1. The number of carbonyl (C=O) groups is 1. The molecule has 0 aromatic heterocycles. The van der Waals surface area contributed by atoms with Crippen LogP contribution in [0, 0.1) is 6.92 Å². The third-order valence-corrected chi connectivity index (χ3v) is 4.04. The summed E-state index contributed by atoms with van der Waals surface area (Å²) in [4.78, 5) is 14.0. The Kier molecular flexibility index (Phi) is 9.03. The lowest BCUT2D eigenvalue weighted by Crippen LogP contribution is -2.31. The molecule has 25 heavy (non-hydrogen) atoms. The molecule has 0 fully saturated rings. The van der Waals surface area contributed by atoms with Crippen LogP contribution in [0.1, 0.15) is 30.0 Å². The molecule has 4 nitrogen and oxygen atoms in total. The van der Waals surface area contributed by atoms with Gasteiger partial charge >= 0.3 is 0 Å². The predicted octanol–water partition coefficient (Wildman–Crippen LogP) is 3.73. The molecule has 5 heteroatoms. The van der Waals surface area contributed by atoms with Crippen molar-refractivity contribution in [3.63, 3.8) is 0 Å². The van der Waals surface area contributed by atoms with Crippen molar-refractivity contribution in [1.29, 1.82) is 0 Å². The summed E-state index contributed by atoms with van der Waals surface area (Å²) in [5.41, 5.74) is 8.22. The topological polar surface area (TPSA) is 55.6 Å². The Bertz CT molecular complexity index is 649. The maximum absolute atomic E-state index is 12.3. The van der Waals surface area contributed by atoms with Crippen LogP contribution in [0.5, 0.6) is 5.75 Å². The molecule has 2 aromatic rings. The number of hydrogen-bond donors (Lipinski definition) is 1. The fourth-order valence-corrected chi connectivity index (χ4v) is 2.49. The van der Waals surface area contributed by atoms with Crippen molar-refractivity contribution in [2.75, 3.05) is 20.2 Å². The van der Waals surface area contributed by atoms with E-state index in [0.29, 0.717) is 19.6 Å². The molecule has 0 saturated heterocycles. The van der Waals surface area contributed by atoms with Crippen molar-refractivity contribution < 1.29 is 9.53 Å². The number of benzene rings is 2. The van der Waals surface area contributed by atoms with Crippen molar-refractivity contribution in [2.45, 2.75) is 25.8 Å². The average molecular weight is 363 g/mol. The van der Waals surface area contributed by atoms with Gasteiger partial charge in [-0.2, -0.15) is 0 Å². The molecule has 0 aliphatic heterocycles. The van der Waals surface area contributed by atoms with Gasteiger partial charge in [-0.25, -0.2) is 0 Å². The lowest BCUT2D eigenvalue weighted by molar-refractivity contribution is -0.130. The molecule has 0 spiro atoms. The van der Waals surface area contributed by atoms with Crippen molar-refractivity contribution in [2.24, 2.45) is 5.73 Å². The number of hydrogen-bond acceptors (Lipinski definition) is 3. The molecule has 1 unspecified atom stereocenters. The number of nitrogens with zero attached hydrogens (tertiary/aromatic N) is 1. The maximum atomic E-state index is 12.3. The van der Waals surface area contributed by atoms with Gasteiger partial charge in [0.05, 0.1) is 6.61 Å². The average Bonchev–Trinajstić information content (AvgIpc) is 2.60. The highest BCUT2D eigenvalue weighted by Crippen LogP contribution is 2.17. The summed E-state index contributed by atoms with van der Waals surface area (Å²) >= 11 is 0. The van der Waals surface area contributed by atoms with Crippen LogP contribution in [0.4, 0.5) is 0 Å². The molecule has 1 amide bonds. The lowest BCUT2D eigenvalue weighted by Gasteiger charge is -2.20. The molecule has 2 N–H and O–H groups in total. The summed E-state index contributed by atoms with van der Waals surface area (Å²) in [6, 6.07) is 17.4. The van der Waals surface area contributed by atoms with E-state index in [4.69, 9.17) is 10.5 Å². The van der Waals surface area contributed by atoms with Crippen LogP contribution in [-0.4, -0.2) is 31.0 Å². The van der Waals surface area contributed by atoms with E-state index in [2.05, 4.69) is 0 Å². The molecule has 136 valence electrons. The standard InChI is InChI=1S/C20H26N2O2.ClH/c1-16-9-6-7-12-19(16)24-14-8-13-22(2)20(23)15-18(21)17-10-4-3-5-11-17;/h3-7,9-12,18H,8,13-15,21H2,1-2H3;1H. The van der Waals surface area contributed by atoms with E-state index >= 15 is 0 Å². The zero-order chi connectivity index (χ0) is 17.4. The summed E-state index contributed by atoms with van der Waals surface area (Å²) < 4.78 is 5.75. The van der Waals surface area contributed by atoms with Crippen LogP contribution in [-0.2, 0) is 4.79 Å². The first-order chi connectivity index (χ1) is 11.6. The monoisotopic (exact) mass is 362 g/mol. The van der Waals surface area contributed by atoms with E-state index in [1.165, 1.54) is 0 Å². The number of nitrogens with two attached hydrogens (primary N) is 1. The summed E-state index contributed by atoms with van der Waals surface area (Å²) in [5, 5.41) is 0. The Morgan fingerprint density at radius 3 is 2.44 bits per heavy atom. The number of ether oxygens (including phenoxy) is 1. The largest absolute Gasteiger partial charge is 0.493 e. The van der Waals surface area contributed by atoms with E-state index in [0.717, 1.165) is 23.3 Å². The number of halogens is 1. The molecule has 0 heterocycles. The molecular weight excluding hydrogens is 336 g/mol. The van der Waals surface area contributed by atoms with Gasteiger partial charge in [0.15, 0.2) is 0 Å². The number of rotatable bonds is 8. The first kappa shape index (κ1) is 21.0. The predicted molar refractivity (Wildman–Crippen MR) is 104 cm³/mol. The van der Waals surface area contributed by atoms with Crippen LogP contribution in [0.25, 0.3) is 0 Å². The second kappa shape index (κ2) is 10.7. The fraction of sp³-hybridized carbons (Fsp3) is 0.350. The molecule has 0 saturated carbocycles. The van der Waals surface area contributed by atoms with Crippen molar-refractivity contribution in [1.82, 2.24) is 4.90 Å². The summed E-state index contributed by atoms with van der Waals surface area (Å²) in [7, 11) is 1.81. The van der Waals surface area contributed by atoms with Crippen LogP contribution in [0.2, 0.25) is 0 Å². The van der Waals surface area contributed by atoms with Gasteiger partial charge in [0.1, 0.15) is 5.75 Å². The number of amides is 1. The normalized spacial score (nSPS) is 11.3. The lowest BCUT2D eigenvalue weighted by atomic mass is 10.0. The van der Waals surface area contributed by atoms with Gasteiger partial charge in [0.2, 0.25) is 5.91 Å². The second-order valence-corrected chi connectivity index (χ2v) is 6.00. The minimum absolute atomic E-state index is 0. The molecule has 0 radical (unpaired) electrons. The first-order valence-corrected chi connectivity index (χ1v) is 8.31. The highest BCUT2D eigenvalue weighted by molar-refractivity contribution is 5.85. The molecule has 0 aliphatic rings. The molecular formula is C20H27ClN2O2. The quantitative estimate of drug-likeness (QED) is 0.728. The molecule has 2 aromatic carbocycles. The van der Waals surface area contributed by atoms with Gasteiger partial charge in [-0.05, 0) is 30.5 Å². The third kappa shape index (κ3) is 6.77. The van der Waals surface area contributed by atoms with Crippen molar-refractivity contribution in [3.8, 4) is 5.75 Å². The zero-order valence-corrected chi connectivity index (χ0v) is 15.7. The van der Waals surface area contributed by atoms with Crippen LogP contribution in [0.15, 0.2) is 54.6 Å². The van der Waals surface area contributed by atoms with Gasteiger partial charge < -0.3 is 15.4 Å². The Balaban J connectivity index is 0.00000312. The van der Waals surface area contributed by atoms with Crippen LogP contribution >= 0.6 is 12.4 Å². The number of carbonyl (C=O) groups excluding carboxylic acids is 1. The van der Waals surface area contributed by atoms with Crippen LogP contribution in [0.3, 0.4) is 0 Å². The highest BCUT2D eigenvalue weighted by atomic mass is 35.5. The highest BCUT2D eigenvalue weighted by Gasteiger charge is 2.14. The van der Waals surface area contributed by atoms with E-state index in [1.54, 1.807) is 4.90 Å². The molecule has 0 aliphatic carbocycles. The summed E-state index contributed by atoms with van der Waals surface area (Å²) in [5.74, 6) is 0.958. The Morgan fingerprint density at radius 1 is 1.12 bits per heavy atom. The van der Waals surface area contributed by atoms with E-state index < -0.39 is 0 Å². The van der Waals surface area contributed by atoms with Gasteiger partial charge in [-0.1, -0.05) is 48.5 Å². The Labute approximate surface area is 156 Å². The maximum Gasteiger partial charge on any atom is 0.224 e. The van der Waals surface area contributed by atoms with E-state index in [9.17, 15) is 4.79 Å². The SMILES string of the molecule is Cc1ccccc1OCCCN(C)C(=O)CC(N)c1ccccc1.Cl. The third-order valence-electron chi connectivity index (χ3n) is 4.04. The summed E-state index contributed by atoms with van der Waals surface area (Å²) in [6.45, 7) is 3.27. The van der Waals surface area contributed by atoms with Gasteiger partial charge in [0.25, 0.3) is 0 Å². The molecule has 1 atom stereocenters. The zero-order valence-electron chi connectivity index (χ0n) is 14.9. The Hall–Kier alpha value is -2.04. The minimum Gasteiger partial charge on any atom is -0.493 e.